The molecule has 1 aromatic heterocycles. The average molecular weight is 248 g/mol. The molecule has 2 aromatic rings. The first-order valence-electron chi connectivity index (χ1n) is 4.31. The van der Waals surface area contributed by atoms with Gasteiger partial charge in [0.1, 0.15) is 5.82 Å². The number of hydrogen-bond acceptors (Lipinski definition) is 3. The van der Waals surface area contributed by atoms with Crippen LogP contribution in [-0.4, -0.2) is 10.1 Å². The Labute approximate surface area is 90.9 Å². The summed E-state index contributed by atoms with van der Waals surface area (Å²) in [4.78, 5) is 12.5. The van der Waals surface area contributed by atoms with Crippen LogP contribution >= 0.6 is 0 Å². The lowest BCUT2D eigenvalue weighted by atomic mass is 10.1. The number of rotatable bonds is 1. The van der Waals surface area contributed by atoms with E-state index in [4.69, 9.17) is 0 Å². The van der Waals surface area contributed by atoms with Crippen LogP contribution in [0.3, 0.4) is 0 Å². The zero-order chi connectivity index (χ0) is 12.6. The van der Waals surface area contributed by atoms with Gasteiger partial charge in [0.25, 0.3) is 0 Å². The first-order valence-corrected chi connectivity index (χ1v) is 4.31. The third kappa shape index (κ3) is 2.05. The van der Waals surface area contributed by atoms with Gasteiger partial charge in [-0.3, -0.25) is 9.51 Å². The number of halogens is 4. The first kappa shape index (κ1) is 11.4. The van der Waals surface area contributed by atoms with E-state index in [1.165, 1.54) is 0 Å². The molecule has 0 fully saturated rings. The predicted molar refractivity (Wildman–Crippen MR) is 47.5 cm³/mol. The summed E-state index contributed by atoms with van der Waals surface area (Å²) in [6, 6.07) is 2.43. The van der Waals surface area contributed by atoms with Gasteiger partial charge in [-0.05, 0) is 12.1 Å². The van der Waals surface area contributed by atoms with Crippen LogP contribution in [0.25, 0.3) is 11.4 Å². The van der Waals surface area contributed by atoms with E-state index in [9.17, 15) is 22.4 Å². The summed E-state index contributed by atoms with van der Waals surface area (Å²) in [5, 5.41) is 3.04. The SMILES string of the molecule is O=c1[nH]c(-c2c(F)cccc2C(F)(F)F)no1. The van der Waals surface area contributed by atoms with Crippen LogP contribution in [0.4, 0.5) is 17.6 Å². The summed E-state index contributed by atoms with van der Waals surface area (Å²) < 4.78 is 55.2. The minimum absolute atomic E-state index is 0.597. The maximum Gasteiger partial charge on any atom is 0.439 e. The Morgan fingerprint density at radius 3 is 2.53 bits per heavy atom. The molecule has 2 rings (SSSR count). The third-order valence-electron chi connectivity index (χ3n) is 2.00. The van der Waals surface area contributed by atoms with Crippen LogP contribution in [0.1, 0.15) is 5.56 Å². The van der Waals surface area contributed by atoms with Gasteiger partial charge in [-0.25, -0.2) is 9.18 Å². The summed E-state index contributed by atoms with van der Waals surface area (Å²) in [5.41, 5.74) is -2.08. The van der Waals surface area contributed by atoms with Crippen LogP contribution in [-0.2, 0) is 6.18 Å². The molecule has 0 unspecified atom stereocenters. The lowest BCUT2D eigenvalue weighted by Crippen LogP contribution is -2.09. The molecule has 0 bridgehead atoms. The van der Waals surface area contributed by atoms with E-state index in [1.807, 2.05) is 4.98 Å². The number of nitrogens with one attached hydrogen (secondary N) is 1. The molecular formula is C9H4F4N2O2. The van der Waals surface area contributed by atoms with Crippen molar-refractivity contribution in [3.63, 3.8) is 0 Å². The van der Waals surface area contributed by atoms with Crippen molar-refractivity contribution >= 4 is 0 Å². The van der Waals surface area contributed by atoms with E-state index in [0.717, 1.165) is 12.1 Å². The van der Waals surface area contributed by atoms with Gasteiger partial charge in [-0.15, -0.1) is 0 Å². The Balaban J connectivity index is 2.72. The van der Waals surface area contributed by atoms with E-state index in [1.54, 1.807) is 0 Å². The molecule has 0 spiro atoms. The molecule has 1 heterocycles. The second-order valence-corrected chi connectivity index (χ2v) is 3.10. The molecule has 90 valence electrons. The molecule has 1 aromatic carbocycles. The summed E-state index contributed by atoms with van der Waals surface area (Å²) >= 11 is 0. The Morgan fingerprint density at radius 2 is 2.00 bits per heavy atom. The monoisotopic (exact) mass is 248 g/mol. The molecule has 17 heavy (non-hydrogen) atoms. The number of benzene rings is 1. The van der Waals surface area contributed by atoms with Crippen molar-refractivity contribution in [2.24, 2.45) is 0 Å². The van der Waals surface area contributed by atoms with Gasteiger partial charge in [-0.2, -0.15) is 13.2 Å². The highest BCUT2D eigenvalue weighted by atomic mass is 19.4. The highest BCUT2D eigenvalue weighted by Gasteiger charge is 2.36. The van der Waals surface area contributed by atoms with Gasteiger partial charge >= 0.3 is 11.9 Å². The molecular weight excluding hydrogens is 244 g/mol. The van der Waals surface area contributed by atoms with Gasteiger partial charge in [0.05, 0.1) is 11.1 Å². The average Bonchev–Trinajstić information content (AvgIpc) is 2.63. The van der Waals surface area contributed by atoms with Gasteiger partial charge in [-0.1, -0.05) is 11.2 Å². The number of aromatic amines is 1. The molecule has 0 amide bonds. The molecule has 0 aliphatic rings. The fraction of sp³-hybridized carbons (Fsp3) is 0.111. The topological polar surface area (TPSA) is 58.9 Å². The molecule has 8 heteroatoms. The van der Waals surface area contributed by atoms with Crippen molar-refractivity contribution < 1.29 is 22.1 Å². The molecule has 1 N–H and O–H groups in total. The Bertz CT molecular complexity index is 600. The number of hydrogen-bond donors (Lipinski definition) is 1. The summed E-state index contributed by atoms with van der Waals surface area (Å²) in [6.45, 7) is 0. The second-order valence-electron chi connectivity index (χ2n) is 3.10. The van der Waals surface area contributed by atoms with E-state index in [-0.39, 0.29) is 0 Å². The maximum atomic E-state index is 13.4. The zero-order valence-electron chi connectivity index (χ0n) is 8.01. The van der Waals surface area contributed by atoms with Crippen LogP contribution in [0.15, 0.2) is 27.5 Å². The normalized spacial score (nSPS) is 11.8. The van der Waals surface area contributed by atoms with Crippen molar-refractivity contribution in [3.8, 4) is 11.4 Å². The third-order valence-corrected chi connectivity index (χ3v) is 2.00. The minimum Gasteiger partial charge on any atom is -0.296 e. The van der Waals surface area contributed by atoms with Gasteiger partial charge in [0.2, 0.25) is 0 Å². The van der Waals surface area contributed by atoms with Gasteiger partial charge < -0.3 is 0 Å². The summed E-state index contributed by atoms with van der Waals surface area (Å²) in [5.74, 6) is -2.80. The molecule has 0 saturated carbocycles. The molecule has 0 aliphatic heterocycles. The van der Waals surface area contributed by atoms with E-state index >= 15 is 0 Å². The minimum atomic E-state index is -4.76. The highest BCUT2D eigenvalue weighted by Crippen LogP contribution is 2.36. The van der Waals surface area contributed by atoms with E-state index < -0.39 is 34.7 Å². The second kappa shape index (κ2) is 3.72. The molecule has 0 aliphatic carbocycles. The number of aromatic nitrogens is 2. The summed E-state index contributed by atoms with van der Waals surface area (Å²) in [7, 11) is 0. The first-order chi connectivity index (χ1) is 7.89. The smallest absolute Gasteiger partial charge is 0.296 e. The fourth-order valence-corrected chi connectivity index (χ4v) is 1.34. The van der Waals surface area contributed by atoms with E-state index in [0.29, 0.717) is 6.07 Å². The van der Waals surface area contributed by atoms with Crippen LogP contribution in [0, 0.1) is 5.82 Å². The lowest BCUT2D eigenvalue weighted by Gasteiger charge is -2.10. The summed E-state index contributed by atoms with van der Waals surface area (Å²) in [6.07, 6.45) is -4.76. The number of alkyl halides is 3. The Kier molecular flexibility index (Phi) is 2.49. The molecule has 0 saturated heterocycles. The Morgan fingerprint density at radius 1 is 1.29 bits per heavy atom. The standard InChI is InChI=1S/C9H4F4N2O2/c10-5-3-1-2-4(9(11,12)13)6(5)7-14-8(16)17-15-7/h1-3H,(H,14,15,16). The van der Waals surface area contributed by atoms with Crippen molar-refractivity contribution in [3.05, 3.63) is 40.1 Å². The van der Waals surface area contributed by atoms with Crippen molar-refractivity contribution in [1.82, 2.24) is 10.1 Å². The lowest BCUT2D eigenvalue weighted by molar-refractivity contribution is -0.137. The number of H-pyrrole nitrogens is 1. The van der Waals surface area contributed by atoms with Crippen molar-refractivity contribution in [2.75, 3.05) is 0 Å². The van der Waals surface area contributed by atoms with Gasteiger partial charge in [0, 0.05) is 0 Å². The highest BCUT2D eigenvalue weighted by molar-refractivity contribution is 5.61. The van der Waals surface area contributed by atoms with E-state index in [2.05, 4.69) is 9.68 Å². The predicted octanol–water partition coefficient (Wildman–Crippen LogP) is 2.19. The van der Waals surface area contributed by atoms with Crippen LogP contribution < -0.4 is 5.76 Å². The fourth-order valence-electron chi connectivity index (χ4n) is 1.34. The van der Waals surface area contributed by atoms with Crippen LogP contribution in [0.2, 0.25) is 0 Å². The largest absolute Gasteiger partial charge is 0.439 e. The quantitative estimate of drug-likeness (QED) is 0.787. The molecule has 4 nitrogen and oxygen atoms in total. The Hall–Kier alpha value is -2.12. The van der Waals surface area contributed by atoms with Crippen molar-refractivity contribution in [2.45, 2.75) is 6.18 Å². The van der Waals surface area contributed by atoms with Gasteiger partial charge in [0.15, 0.2) is 5.82 Å². The molecule has 0 atom stereocenters. The molecule has 0 radical (unpaired) electrons. The zero-order valence-corrected chi connectivity index (χ0v) is 8.01. The maximum absolute atomic E-state index is 13.4. The number of nitrogens with zero attached hydrogens (tertiary/aromatic N) is 1. The van der Waals surface area contributed by atoms with Crippen LogP contribution in [0.5, 0.6) is 0 Å². The van der Waals surface area contributed by atoms with Crippen molar-refractivity contribution in [1.29, 1.82) is 0 Å².